The number of nitriles is 4. The zero-order valence-electron chi connectivity index (χ0n) is 14.1. The average molecular weight is 328 g/mol. The van der Waals surface area contributed by atoms with Crippen LogP contribution < -0.4 is 0 Å². The first-order valence-corrected chi connectivity index (χ1v) is 8.24. The minimum atomic E-state index is -1.86. The van der Waals surface area contributed by atoms with Crippen molar-refractivity contribution in [2.75, 3.05) is 0 Å². The van der Waals surface area contributed by atoms with Gasteiger partial charge in [0.1, 0.15) is 24.3 Å². The lowest BCUT2D eigenvalue weighted by molar-refractivity contribution is 0.0122. The van der Waals surface area contributed by atoms with Crippen molar-refractivity contribution in [3.63, 3.8) is 0 Å². The molecule has 3 rings (SSSR count). The SMILES string of the molecule is CCc1ccc(CC)c2c1C=CC1C2C(C#N)(C#N)OC1(C#N)C#N. The lowest BCUT2D eigenvalue weighted by atomic mass is 9.66. The third-order valence-corrected chi connectivity index (χ3v) is 5.26. The molecule has 0 saturated carbocycles. The molecule has 1 heterocycles. The summed E-state index contributed by atoms with van der Waals surface area (Å²) in [5.41, 5.74) is 0.275. The van der Waals surface area contributed by atoms with Crippen LogP contribution in [0, 0.1) is 51.2 Å². The van der Waals surface area contributed by atoms with Crippen LogP contribution in [0.25, 0.3) is 6.08 Å². The van der Waals surface area contributed by atoms with E-state index in [1.807, 2.05) is 50.3 Å². The first-order chi connectivity index (χ1) is 12.1. The summed E-state index contributed by atoms with van der Waals surface area (Å²) in [6.07, 6.45) is 5.20. The third kappa shape index (κ3) is 2.01. The van der Waals surface area contributed by atoms with Gasteiger partial charge in [-0.2, -0.15) is 21.0 Å². The Balaban J connectivity index is 2.39. The van der Waals surface area contributed by atoms with Gasteiger partial charge >= 0.3 is 0 Å². The lowest BCUT2D eigenvalue weighted by Gasteiger charge is -2.31. The second-order valence-electron chi connectivity index (χ2n) is 6.30. The normalized spacial score (nSPS) is 24.1. The lowest BCUT2D eigenvalue weighted by Crippen LogP contribution is -2.34. The third-order valence-electron chi connectivity index (χ3n) is 5.26. The number of rotatable bonds is 2. The van der Waals surface area contributed by atoms with Gasteiger partial charge in [-0.05, 0) is 35.1 Å². The van der Waals surface area contributed by atoms with Crippen molar-refractivity contribution in [3.05, 3.63) is 40.5 Å². The van der Waals surface area contributed by atoms with E-state index in [0.29, 0.717) is 0 Å². The molecule has 1 aliphatic heterocycles. The highest BCUT2D eigenvalue weighted by Crippen LogP contribution is 2.56. The van der Waals surface area contributed by atoms with Gasteiger partial charge in [0.15, 0.2) is 0 Å². The van der Waals surface area contributed by atoms with Crippen LogP contribution in [-0.4, -0.2) is 11.2 Å². The fraction of sp³-hybridized carbons (Fsp3) is 0.400. The highest BCUT2D eigenvalue weighted by molar-refractivity contribution is 5.68. The van der Waals surface area contributed by atoms with Gasteiger partial charge in [0.05, 0.1) is 5.92 Å². The number of benzene rings is 1. The first kappa shape index (κ1) is 16.7. The molecule has 2 atom stereocenters. The Morgan fingerprint density at radius 3 is 2.00 bits per heavy atom. The number of hydrogen-bond acceptors (Lipinski definition) is 5. The van der Waals surface area contributed by atoms with Crippen molar-refractivity contribution in [3.8, 4) is 24.3 Å². The number of ether oxygens (including phenoxy) is 1. The van der Waals surface area contributed by atoms with Crippen molar-refractivity contribution >= 4 is 6.08 Å². The van der Waals surface area contributed by atoms with E-state index in [4.69, 9.17) is 4.74 Å². The molecule has 1 aliphatic carbocycles. The fourth-order valence-corrected chi connectivity index (χ4v) is 4.04. The second kappa shape index (κ2) is 5.75. The van der Waals surface area contributed by atoms with Crippen molar-refractivity contribution < 1.29 is 4.74 Å². The number of hydrogen-bond donors (Lipinski definition) is 0. The van der Waals surface area contributed by atoms with E-state index in [2.05, 4.69) is 6.07 Å². The van der Waals surface area contributed by atoms with Gasteiger partial charge in [-0.15, -0.1) is 0 Å². The Morgan fingerprint density at radius 1 is 0.920 bits per heavy atom. The maximum Gasteiger partial charge on any atom is 0.251 e. The molecule has 0 bridgehead atoms. The summed E-state index contributed by atoms with van der Waals surface area (Å²) >= 11 is 0. The zero-order valence-corrected chi connectivity index (χ0v) is 14.1. The van der Waals surface area contributed by atoms with E-state index < -0.39 is 23.0 Å². The summed E-state index contributed by atoms with van der Waals surface area (Å²) in [6.45, 7) is 4.05. The smallest absolute Gasteiger partial charge is 0.251 e. The summed E-state index contributed by atoms with van der Waals surface area (Å²) in [6, 6.07) is 11.8. The fourth-order valence-electron chi connectivity index (χ4n) is 4.04. The Hall–Kier alpha value is -3.12. The summed E-state index contributed by atoms with van der Waals surface area (Å²) in [5.74, 6) is -1.32. The largest absolute Gasteiger partial charge is 0.311 e. The van der Waals surface area contributed by atoms with Gasteiger partial charge in [0.25, 0.3) is 11.2 Å². The summed E-state index contributed by atoms with van der Waals surface area (Å²) in [4.78, 5) is 0. The van der Waals surface area contributed by atoms with Crippen molar-refractivity contribution in [2.24, 2.45) is 5.92 Å². The molecule has 1 aromatic rings. The highest BCUT2D eigenvalue weighted by atomic mass is 16.5. The van der Waals surface area contributed by atoms with Crippen molar-refractivity contribution in [2.45, 2.75) is 43.8 Å². The Morgan fingerprint density at radius 2 is 1.48 bits per heavy atom. The molecule has 0 amide bonds. The molecule has 0 aromatic heterocycles. The van der Waals surface area contributed by atoms with Crippen LogP contribution >= 0.6 is 0 Å². The molecular weight excluding hydrogens is 312 g/mol. The number of nitrogens with zero attached hydrogens (tertiary/aromatic N) is 4. The summed E-state index contributed by atoms with van der Waals surface area (Å²) in [5, 5.41) is 38.7. The average Bonchev–Trinajstić information content (AvgIpc) is 2.98. The van der Waals surface area contributed by atoms with E-state index in [1.54, 1.807) is 6.08 Å². The standard InChI is InChI=1S/C20H16N4O/c1-3-13-5-6-14(4-2)17-15(13)7-8-16-18(17)20(11-23,12-24)25-19(16,9-21)10-22/h5-8,16,18H,3-4H2,1-2H3. The van der Waals surface area contributed by atoms with Gasteiger partial charge in [-0.3, -0.25) is 0 Å². The monoisotopic (exact) mass is 328 g/mol. The van der Waals surface area contributed by atoms with E-state index in [1.165, 1.54) is 0 Å². The molecule has 1 saturated heterocycles. The molecule has 2 aliphatic rings. The maximum atomic E-state index is 9.75. The molecule has 0 N–H and O–H groups in total. The second-order valence-corrected chi connectivity index (χ2v) is 6.30. The van der Waals surface area contributed by atoms with Crippen LogP contribution in [-0.2, 0) is 17.6 Å². The number of fused-ring (bicyclic) bond motifs is 3. The molecule has 122 valence electrons. The molecule has 1 aromatic carbocycles. The predicted octanol–water partition coefficient (Wildman–Crippen LogP) is 3.14. The molecule has 25 heavy (non-hydrogen) atoms. The first-order valence-electron chi connectivity index (χ1n) is 8.24. The van der Waals surface area contributed by atoms with Gasteiger partial charge in [0, 0.05) is 5.92 Å². The molecule has 5 nitrogen and oxygen atoms in total. The Kier molecular flexibility index (Phi) is 3.85. The molecular formula is C20H16N4O. The van der Waals surface area contributed by atoms with Crippen LogP contribution in [0.2, 0.25) is 0 Å². The molecule has 0 spiro atoms. The molecule has 2 unspecified atom stereocenters. The van der Waals surface area contributed by atoms with E-state index >= 15 is 0 Å². The van der Waals surface area contributed by atoms with Crippen molar-refractivity contribution in [1.29, 1.82) is 21.0 Å². The quantitative estimate of drug-likeness (QED) is 0.829. The van der Waals surface area contributed by atoms with Gasteiger partial charge in [0.2, 0.25) is 0 Å². The molecule has 0 radical (unpaired) electrons. The van der Waals surface area contributed by atoms with E-state index in [0.717, 1.165) is 35.1 Å². The Labute approximate surface area is 147 Å². The predicted molar refractivity (Wildman–Crippen MR) is 89.5 cm³/mol. The van der Waals surface area contributed by atoms with Crippen LogP contribution in [0.15, 0.2) is 18.2 Å². The maximum absolute atomic E-state index is 9.75. The minimum Gasteiger partial charge on any atom is -0.311 e. The number of aryl methyl sites for hydroxylation is 2. The van der Waals surface area contributed by atoms with E-state index in [-0.39, 0.29) is 0 Å². The van der Waals surface area contributed by atoms with Crippen LogP contribution in [0.1, 0.15) is 42.0 Å². The zero-order chi connectivity index (χ0) is 18.2. The van der Waals surface area contributed by atoms with Gasteiger partial charge in [-0.1, -0.05) is 38.1 Å². The van der Waals surface area contributed by atoms with Crippen molar-refractivity contribution in [1.82, 2.24) is 0 Å². The Bertz CT molecular complexity index is 905. The van der Waals surface area contributed by atoms with Gasteiger partial charge in [-0.25, -0.2) is 0 Å². The van der Waals surface area contributed by atoms with E-state index in [9.17, 15) is 21.0 Å². The summed E-state index contributed by atoms with van der Waals surface area (Å²) < 4.78 is 5.61. The van der Waals surface area contributed by atoms with Crippen LogP contribution in [0.5, 0.6) is 0 Å². The van der Waals surface area contributed by atoms with Crippen LogP contribution in [0.3, 0.4) is 0 Å². The van der Waals surface area contributed by atoms with Crippen LogP contribution in [0.4, 0.5) is 0 Å². The topological polar surface area (TPSA) is 104 Å². The highest BCUT2D eigenvalue weighted by Gasteiger charge is 2.66. The molecule has 1 fully saturated rings. The molecule has 5 heteroatoms. The minimum absolute atomic E-state index is 0.660. The summed E-state index contributed by atoms with van der Waals surface area (Å²) in [7, 11) is 0. The van der Waals surface area contributed by atoms with Gasteiger partial charge < -0.3 is 4.74 Å².